The first-order chi connectivity index (χ1) is 9.74. The standard InChI is InChI=1S/C17H29N3/c1-4-16-15(10-11-18-14-8-9-14)17(5-2)20(19-16)12(3)13-6-7-13/h12-14,18H,4-11H2,1-3H3. The smallest absolute Gasteiger partial charge is 0.0657 e. The highest BCUT2D eigenvalue weighted by Crippen LogP contribution is 2.40. The Morgan fingerprint density at radius 1 is 1.20 bits per heavy atom. The fourth-order valence-electron chi connectivity index (χ4n) is 3.31. The van der Waals surface area contributed by atoms with Crippen LogP contribution in [0.1, 0.15) is 69.4 Å². The Kier molecular flexibility index (Phi) is 4.16. The largest absolute Gasteiger partial charge is 0.314 e. The second-order valence-electron chi connectivity index (χ2n) is 6.58. The molecule has 1 atom stereocenters. The fourth-order valence-corrected chi connectivity index (χ4v) is 3.31. The van der Waals surface area contributed by atoms with Crippen LogP contribution in [0.25, 0.3) is 0 Å². The lowest BCUT2D eigenvalue weighted by atomic mass is 10.1. The number of nitrogens with zero attached hydrogens (tertiary/aromatic N) is 2. The summed E-state index contributed by atoms with van der Waals surface area (Å²) in [4.78, 5) is 0. The molecule has 0 amide bonds. The van der Waals surface area contributed by atoms with Crippen molar-refractivity contribution in [1.29, 1.82) is 0 Å². The Labute approximate surface area is 123 Å². The molecule has 1 N–H and O–H groups in total. The molecule has 3 rings (SSSR count). The van der Waals surface area contributed by atoms with Gasteiger partial charge in [-0.1, -0.05) is 13.8 Å². The highest BCUT2D eigenvalue weighted by Gasteiger charge is 2.32. The van der Waals surface area contributed by atoms with Crippen molar-refractivity contribution in [3.8, 4) is 0 Å². The summed E-state index contributed by atoms with van der Waals surface area (Å²) in [6.07, 6.45) is 8.87. The van der Waals surface area contributed by atoms with Crippen LogP contribution in [0.3, 0.4) is 0 Å². The van der Waals surface area contributed by atoms with Crippen LogP contribution in [-0.2, 0) is 19.3 Å². The number of nitrogens with one attached hydrogen (secondary N) is 1. The molecule has 2 aliphatic rings. The van der Waals surface area contributed by atoms with Crippen LogP contribution in [0, 0.1) is 5.92 Å². The molecule has 0 aliphatic heterocycles. The lowest BCUT2D eigenvalue weighted by Crippen LogP contribution is -2.20. The average molecular weight is 275 g/mol. The summed E-state index contributed by atoms with van der Waals surface area (Å²) in [6, 6.07) is 1.41. The Morgan fingerprint density at radius 3 is 2.50 bits per heavy atom. The molecule has 112 valence electrons. The zero-order valence-electron chi connectivity index (χ0n) is 13.3. The second kappa shape index (κ2) is 5.88. The van der Waals surface area contributed by atoms with Gasteiger partial charge in [-0.2, -0.15) is 5.10 Å². The zero-order valence-corrected chi connectivity index (χ0v) is 13.3. The van der Waals surface area contributed by atoms with E-state index in [0.29, 0.717) is 6.04 Å². The van der Waals surface area contributed by atoms with Gasteiger partial charge in [0.05, 0.1) is 11.7 Å². The van der Waals surface area contributed by atoms with Crippen molar-refractivity contribution in [3.05, 3.63) is 17.0 Å². The summed E-state index contributed by atoms with van der Waals surface area (Å²) in [7, 11) is 0. The molecule has 0 radical (unpaired) electrons. The quantitative estimate of drug-likeness (QED) is 0.789. The minimum absolute atomic E-state index is 0.598. The van der Waals surface area contributed by atoms with Crippen molar-refractivity contribution in [2.45, 2.75) is 77.8 Å². The van der Waals surface area contributed by atoms with E-state index in [4.69, 9.17) is 5.10 Å². The molecule has 0 aromatic carbocycles. The van der Waals surface area contributed by atoms with Gasteiger partial charge in [-0.05, 0) is 69.9 Å². The summed E-state index contributed by atoms with van der Waals surface area (Å²) in [5, 5.41) is 8.61. The van der Waals surface area contributed by atoms with E-state index in [0.717, 1.165) is 37.8 Å². The Bertz CT molecular complexity index is 455. The van der Waals surface area contributed by atoms with Gasteiger partial charge >= 0.3 is 0 Å². The van der Waals surface area contributed by atoms with Crippen LogP contribution in [-0.4, -0.2) is 22.4 Å². The molecular formula is C17H29N3. The van der Waals surface area contributed by atoms with Gasteiger partial charge in [0.25, 0.3) is 0 Å². The van der Waals surface area contributed by atoms with E-state index in [1.807, 2.05) is 0 Å². The normalized spacial score (nSPS) is 20.4. The predicted octanol–water partition coefficient (Wildman–Crippen LogP) is 3.27. The number of hydrogen-bond donors (Lipinski definition) is 1. The lowest BCUT2D eigenvalue weighted by molar-refractivity contribution is 0.423. The lowest BCUT2D eigenvalue weighted by Gasteiger charge is -2.15. The van der Waals surface area contributed by atoms with E-state index in [-0.39, 0.29) is 0 Å². The van der Waals surface area contributed by atoms with E-state index in [9.17, 15) is 0 Å². The molecule has 3 heteroatoms. The van der Waals surface area contributed by atoms with Crippen molar-refractivity contribution >= 4 is 0 Å². The molecule has 0 saturated heterocycles. The third-order valence-corrected chi connectivity index (χ3v) is 4.95. The molecule has 20 heavy (non-hydrogen) atoms. The van der Waals surface area contributed by atoms with Gasteiger partial charge in [0, 0.05) is 11.7 Å². The second-order valence-corrected chi connectivity index (χ2v) is 6.58. The SMILES string of the molecule is CCc1nn(C(C)C2CC2)c(CC)c1CCNC1CC1. The molecule has 0 bridgehead atoms. The van der Waals surface area contributed by atoms with Gasteiger partial charge in [-0.25, -0.2) is 0 Å². The summed E-state index contributed by atoms with van der Waals surface area (Å²) < 4.78 is 2.36. The fraction of sp³-hybridized carbons (Fsp3) is 0.824. The molecule has 0 spiro atoms. The van der Waals surface area contributed by atoms with E-state index in [1.165, 1.54) is 42.6 Å². The average Bonchev–Trinajstić information content (AvgIpc) is 3.34. The van der Waals surface area contributed by atoms with Crippen LogP contribution >= 0.6 is 0 Å². The molecule has 2 fully saturated rings. The van der Waals surface area contributed by atoms with Crippen molar-refractivity contribution in [1.82, 2.24) is 15.1 Å². The van der Waals surface area contributed by atoms with Crippen molar-refractivity contribution < 1.29 is 0 Å². The Balaban J connectivity index is 1.77. The van der Waals surface area contributed by atoms with Crippen LogP contribution in [0.4, 0.5) is 0 Å². The molecule has 1 heterocycles. The van der Waals surface area contributed by atoms with Crippen LogP contribution in [0.15, 0.2) is 0 Å². The minimum atomic E-state index is 0.598. The Hall–Kier alpha value is -0.830. The van der Waals surface area contributed by atoms with Crippen molar-refractivity contribution in [2.75, 3.05) is 6.54 Å². The molecule has 2 saturated carbocycles. The van der Waals surface area contributed by atoms with Gasteiger partial charge in [-0.3, -0.25) is 4.68 Å². The maximum absolute atomic E-state index is 4.96. The first kappa shape index (κ1) is 14.1. The van der Waals surface area contributed by atoms with Gasteiger partial charge in [0.2, 0.25) is 0 Å². The zero-order chi connectivity index (χ0) is 14.1. The van der Waals surface area contributed by atoms with Gasteiger partial charge in [0.1, 0.15) is 0 Å². The molecule has 1 aromatic heterocycles. The predicted molar refractivity (Wildman–Crippen MR) is 83.1 cm³/mol. The molecular weight excluding hydrogens is 246 g/mol. The van der Waals surface area contributed by atoms with Gasteiger partial charge in [0.15, 0.2) is 0 Å². The molecule has 3 nitrogen and oxygen atoms in total. The summed E-state index contributed by atoms with van der Waals surface area (Å²) in [6.45, 7) is 8.00. The summed E-state index contributed by atoms with van der Waals surface area (Å²) >= 11 is 0. The highest BCUT2D eigenvalue weighted by molar-refractivity contribution is 5.28. The number of aryl methyl sites for hydroxylation is 1. The van der Waals surface area contributed by atoms with E-state index >= 15 is 0 Å². The summed E-state index contributed by atoms with van der Waals surface area (Å²) in [5.74, 6) is 0.877. The van der Waals surface area contributed by atoms with Gasteiger partial charge in [-0.15, -0.1) is 0 Å². The first-order valence-electron chi connectivity index (χ1n) is 8.57. The van der Waals surface area contributed by atoms with Crippen LogP contribution in [0.2, 0.25) is 0 Å². The highest BCUT2D eigenvalue weighted by atomic mass is 15.3. The monoisotopic (exact) mass is 275 g/mol. The number of rotatable bonds is 8. The third-order valence-electron chi connectivity index (χ3n) is 4.95. The Morgan fingerprint density at radius 2 is 1.95 bits per heavy atom. The third kappa shape index (κ3) is 2.93. The maximum atomic E-state index is 4.96. The molecule has 1 aromatic rings. The van der Waals surface area contributed by atoms with Crippen LogP contribution < -0.4 is 5.32 Å². The summed E-state index contributed by atoms with van der Waals surface area (Å²) in [5.41, 5.74) is 4.38. The van der Waals surface area contributed by atoms with E-state index in [2.05, 4.69) is 30.8 Å². The van der Waals surface area contributed by atoms with Crippen molar-refractivity contribution in [3.63, 3.8) is 0 Å². The number of hydrogen-bond acceptors (Lipinski definition) is 2. The number of aromatic nitrogens is 2. The van der Waals surface area contributed by atoms with Gasteiger partial charge < -0.3 is 5.32 Å². The maximum Gasteiger partial charge on any atom is 0.0657 e. The first-order valence-corrected chi connectivity index (χ1v) is 8.57. The topological polar surface area (TPSA) is 29.9 Å². The molecule has 2 aliphatic carbocycles. The minimum Gasteiger partial charge on any atom is -0.314 e. The van der Waals surface area contributed by atoms with Crippen molar-refractivity contribution in [2.24, 2.45) is 5.92 Å². The van der Waals surface area contributed by atoms with E-state index < -0.39 is 0 Å². The molecule has 1 unspecified atom stereocenters. The van der Waals surface area contributed by atoms with E-state index in [1.54, 1.807) is 0 Å². The van der Waals surface area contributed by atoms with Crippen LogP contribution in [0.5, 0.6) is 0 Å².